The molecule has 4 nitrogen and oxygen atoms in total. The van der Waals surface area contributed by atoms with E-state index in [4.69, 9.17) is 5.11 Å². The molecular formula is C17H21NO3. The largest absolute Gasteiger partial charge is 0.481 e. The van der Waals surface area contributed by atoms with Gasteiger partial charge in [-0.1, -0.05) is 30.3 Å². The van der Waals surface area contributed by atoms with Crippen LogP contribution in [-0.4, -0.2) is 34.5 Å². The maximum atomic E-state index is 12.6. The van der Waals surface area contributed by atoms with Gasteiger partial charge in [-0.2, -0.15) is 0 Å². The van der Waals surface area contributed by atoms with Crippen molar-refractivity contribution in [1.29, 1.82) is 0 Å². The smallest absolute Gasteiger partial charge is 0.307 e. The lowest BCUT2D eigenvalue weighted by Gasteiger charge is -2.37. The first-order valence-electron chi connectivity index (χ1n) is 7.68. The lowest BCUT2D eigenvalue weighted by atomic mass is 9.73. The van der Waals surface area contributed by atoms with E-state index >= 15 is 0 Å². The molecule has 1 aromatic rings. The van der Waals surface area contributed by atoms with Gasteiger partial charge in [-0.15, -0.1) is 0 Å². The number of aliphatic carboxylic acids is 1. The molecule has 0 spiro atoms. The molecule has 1 aromatic carbocycles. The summed E-state index contributed by atoms with van der Waals surface area (Å²) in [6.07, 6.45) is 2.31. The molecule has 4 atom stereocenters. The molecule has 1 N–H and O–H groups in total. The normalized spacial score (nSPS) is 31.8. The fourth-order valence-corrected chi connectivity index (χ4v) is 3.70. The molecule has 4 heteroatoms. The number of carbonyl (C=O) groups excluding carboxylic acids is 1. The molecule has 4 unspecified atom stereocenters. The maximum absolute atomic E-state index is 12.6. The molecule has 1 heterocycles. The summed E-state index contributed by atoms with van der Waals surface area (Å²) in [6, 6.07) is 10.4. The Morgan fingerprint density at radius 3 is 2.33 bits per heavy atom. The molecular weight excluding hydrogens is 266 g/mol. The third-order valence-corrected chi connectivity index (χ3v) is 5.17. The van der Waals surface area contributed by atoms with Crippen molar-refractivity contribution in [2.75, 3.05) is 6.54 Å². The van der Waals surface area contributed by atoms with Crippen molar-refractivity contribution in [1.82, 2.24) is 4.90 Å². The van der Waals surface area contributed by atoms with E-state index in [0.717, 1.165) is 19.4 Å². The van der Waals surface area contributed by atoms with Gasteiger partial charge in [0.1, 0.15) is 0 Å². The van der Waals surface area contributed by atoms with Crippen LogP contribution in [0.15, 0.2) is 30.3 Å². The van der Waals surface area contributed by atoms with Gasteiger partial charge >= 0.3 is 5.97 Å². The Bertz CT molecular complexity index is 542. The summed E-state index contributed by atoms with van der Waals surface area (Å²) in [5, 5.41) is 9.12. The standard InChI is InChI=1S/C17H21NO3/c1-11-13(12-5-3-2-4-6-12)9-10-18(11)16(19)14-7-8-15(14)17(20)21/h2-6,11,13-15H,7-10H2,1H3,(H,20,21). The van der Waals surface area contributed by atoms with E-state index in [1.165, 1.54) is 5.56 Å². The molecule has 1 saturated carbocycles. The highest BCUT2D eigenvalue weighted by Crippen LogP contribution is 2.40. The first-order valence-corrected chi connectivity index (χ1v) is 7.68. The van der Waals surface area contributed by atoms with E-state index < -0.39 is 11.9 Å². The van der Waals surface area contributed by atoms with Gasteiger partial charge in [-0.25, -0.2) is 0 Å². The van der Waals surface area contributed by atoms with Crippen LogP contribution in [0, 0.1) is 11.8 Å². The van der Waals surface area contributed by atoms with Crippen LogP contribution in [0.5, 0.6) is 0 Å². The predicted octanol–water partition coefficient (Wildman–Crippen LogP) is 2.50. The molecule has 2 fully saturated rings. The summed E-state index contributed by atoms with van der Waals surface area (Å²) in [6.45, 7) is 2.82. The average molecular weight is 287 g/mol. The van der Waals surface area contributed by atoms with Gasteiger partial charge in [0, 0.05) is 18.5 Å². The van der Waals surface area contributed by atoms with E-state index in [0.29, 0.717) is 12.3 Å². The number of hydrogen-bond acceptors (Lipinski definition) is 2. The van der Waals surface area contributed by atoms with Gasteiger partial charge < -0.3 is 10.0 Å². The maximum Gasteiger partial charge on any atom is 0.307 e. The van der Waals surface area contributed by atoms with Crippen LogP contribution in [0.3, 0.4) is 0 Å². The summed E-state index contributed by atoms with van der Waals surface area (Å²) in [5.74, 6) is -1.20. The zero-order valence-electron chi connectivity index (χ0n) is 12.2. The van der Waals surface area contributed by atoms with Gasteiger partial charge in [0.25, 0.3) is 0 Å². The monoisotopic (exact) mass is 287 g/mol. The predicted molar refractivity (Wildman–Crippen MR) is 78.8 cm³/mol. The number of benzene rings is 1. The summed E-state index contributed by atoms with van der Waals surface area (Å²) in [4.78, 5) is 25.6. The number of hydrogen-bond donors (Lipinski definition) is 1. The van der Waals surface area contributed by atoms with Crippen molar-refractivity contribution < 1.29 is 14.7 Å². The average Bonchev–Trinajstić information content (AvgIpc) is 2.79. The lowest BCUT2D eigenvalue weighted by molar-refractivity contribution is -0.156. The number of carboxylic acid groups (broad SMARTS) is 1. The number of carboxylic acids is 1. The van der Waals surface area contributed by atoms with Crippen molar-refractivity contribution in [3.8, 4) is 0 Å². The van der Waals surface area contributed by atoms with Gasteiger partial charge in [0.15, 0.2) is 0 Å². The van der Waals surface area contributed by atoms with Crippen molar-refractivity contribution in [3.63, 3.8) is 0 Å². The quantitative estimate of drug-likeness (QED) is 0.929. The van der Waals surface area contributed by atoms with Crippen LogP contribution >= 0.6 is 0 Å². The van der Waals surface area contributed by atoms with Crippen molar-refractivity contribution in [3.05, 3.63) is 35.9 Å². The van der Waals surface area contributed by atoms with Crippen molar-refractivity contribution in [2.24, 2.45) is 11.8 Å². The number of rotatable bonds is 3. The molecule has 0 radical (unpaired) electrons. The van der Waals surface area contributed by atoms with Crippen LogP contribution < -0.4 is 0 Å². The summed E-state index contributed by atoms with van der Waals surface area (Å²) < 4.78 is 0. The lowest BCUT2D eigenvalue weighted by Crippen LogP contribution is -2.47. The van der Waals surface area contributed by atoms with E-state index in [1.807, 2.05) is 23.1 Å². The van der Waals surface area contributed by atoms with Gasteiger partial charge in [-0.3, -0.25) is 9.59 Å². The van der Waals surface area contributed by atoms with Crippen LogP contribution in [0.2, 0.25) is 0 Å². The zero-order chi connectivity index (χ0) is 15.0. The van der Waals surface area contributed by atoms with Crippen LogP contribution in [0.25, 0.3) is 0 Å². The minimum Gasteiger partial charge on any atom is -0.481 e. The Kier molecular flexibility index (Phi) is 3.70. The number of likely N-dealkylation sites (tertiary alicyclic amines) is 1. The third kappa shape index (κ3) is 2.43. The number of amides is 1. The van der Waals surface area contributed by atoms with Crippen LogP contribution in [0.1, 0.15) is 37.7 Å². The Morgan fingerprint density at radius 2 is 1.76 bits per heavy atom. The highest BCUT2D eigenvalue weighted by molar-refractivity contribution is 5.86. The molecule has 1 aliphatic carbocycles. The first-order chi connectivity index (χ1) is 10.1. The Labute approximate surface area is 124 Å². The molecule has 112 valence electrons. The molecule has 2 aliphatic rings. The highest BCUT2D eigenvalue weighted by atomic mass is 16.4. The van der Waals surface area contributed by atoms with Gasteiger partial charge in [0.05, 0.1) is 11.8 Å². The molecule has 3 rings (SSSR count). The fourth-order valence-electron chi connectivity index (χ4n) is 3.70. The summed E-state index contributed by atoms with van der Waals surface area (Å²) >= 11 is 0. The molecule has 0 bridgehead atoms. The Balaban J connectivity index is 1.71. The minimum absolute atomic E-state index is 0.0413. The van der Waals surface area contributed by atoms with Crippen LogP contribution in [0.4, 0.5) is 0 Å². The molecule has 0 aromatic heterocycles. The van der Waals surface area contributed by atoms with E-state index in [2.05, 4.69) is 19.1 Å². The number of carbonyl (C=O) groups is 2. The topological polar surface area (TPSA) is 57.6 Å². The molecule has 21 heavy (non-hydrogen) atoms. The SMILES string of the molecule is CC1C(c2ccccc2)CCN1C(=O)C1CCC1C(=O)O. The second-order valence-corrected chi connectivity index (χ2v) is 6.21. The van der Waals surface area contributed by atoms with E-state index in [1.54, 1.807) is 0 Å². The second-order valence-electron chi connectivity index (χ2n) is 6.21. The summed E-state index contributed by atoms with van der Waals surface area (Å²) in [7, 11) is 0. The zero-order valence-corrected chi connectivity index (χ0v) is 12.2. The summed E-state index contributed by atoms with van der Waals surface area (Å²) in [5.41, 5.74) is 1.27. The molecule has 1 saturated heterocycles. The van der Waals surface area contributed by atoms with Crippen LogP contribution in [-0.2, 0) is 9.59 Å². The van der Waals surface area contributed by atoms with Crippen molar-refractivity contribution >= 4 is 11.9 Å². The Hall–Kier alpha value is -1.84. The van der Waals surface area contributed by atoms with E-state index in [9.17, 15) is 9.59 Å². The van der Waals surface area contributed by atoms with Crippen molar-refractivity contribution in [2.45, 2.75) is 38.1 Å². The molecule has 1 amide bonds. The van der Waals surface area contributed by atoms with Gasteiger partial charge in [-0.05, 0) is 31.7 Å². The molecule has 1 aliphatic heterocycles. The fraction of sp³-hybridized carbons (Fsp3) is 0.529. The third-order valence-electron chi connectivity index (χ3n) is 5.17. The number of nitrogens with zero attached hydrogens (tertiary/aromatic N) is 1. The van der Waals surface area contributed by atoms with E-state index in [-0.39, 0.29) is 17.9 Å². The minimum atomic E-state index is -0.828. The highest BCUT2D eigenvalue weighted by Gasteiger charge is 2.46. The Morgan fingerprint density at radius 1 is 1.10 bits per heavy atom. The van der Waals surface area contributed by atoms with Gasteiger partial charge in [0.2, 0.25) is 5.91 Å². The first kappa shape index (κ1) is 14.1. The second kappa shape index (κ2) is 5.51.